The van der Waals surface area contributed by atoms with E-state index in [2.05, 4.69) is 48.3 Å². The number of nitrogens with one attached hydrogen (secondary N) is 2. The van der Waals surface area contributed by atoms with Gasteiger partial charge in [-0.15, -0.1) is 35.3 Å². The van der Waals surface area contributed by atoms with Gasteiger partial charge < -0.3 is 15.4 Å². The number of ether oxygens (including phenoxy) is 1. The van der Waals surface area contributed by atoms with Crippen molar-refractivity contribution in [1.29, 1.82) is 0 Å². The summed E-state index contributed by atoms with van der Waals surface area (Å²) < 4.78 is 5.94. The Labute approximate surface area is 167 Å². The molecule has 1 aliphatic rings. The van der Waals surface area contributed by atoms with Crippen LogP contribution in [0.4, 0.5) is 0 Å². The number of aliphatic imine (C=N–C) groups is 1. The van der Waals surface area contributed by atoms with E-state index >= 15 is 0 Å². The molecule has 7 heteroatoms. The van der Waals surface area contributed by atoms with E-state index in [0.717, 1.165) is 36.8 Å². The number of rotatable bonds is 7. The number of halogens is 1. The number of nitrogens with zero attached hydrogens (tertiary/aromatic N) is 2. The molecule has 2 unspecified atom stereocenters. The zero-order valence-corrected chi connectivity index (χ0v) is 18.5. The molecular formula is C17H31IN4OS. The van der Waals surface area contributed by atoms with Crippen LogP contribution in [-0.2, 0) is 11.3 Å². The van der Waals surface area contributed by atoms with Crippen LogP contribution in [0.15, 0.2) is 11.2 Å². The van der Waals surface area contributed by atoms with Gasteiger partial charge in [-0.1, -0.05) is 13.8 Å². The van der Waals surface area contributed by atoms with Crippen LogP contribution in [0.3, 0.4) is 0 Å². The highest BCUT2D eigenvalue weighted by atomic mass is 127. The molecule has 24 heavy (non-hydrogen) atoms. The van der Waals surface area contributed by atoms with E-state index in [4.69, 9.17) is 4.74 Å². The van der Waals surface area contributed by atoms with Crippen LogP contribution < -0.4 is 10.6 Å². The molecule has 2 atom stereocenters. The minimum atomic E-state index is 0. The summed E-state index contributed by atoms with van der Waals surface area (Å²) in [4.78, 5) is 9.99. The number of hydrogen-bond donors (Lipinski definition) is 2. The number of aromatic nitrogens is 1. The SMILES string of the molecule is CCOC1CC(NC(=NC)NCc2ncc(C)s2)C1(CC)CC.I. The molecule has 1 aromatic heterocycles. The molecule has 0 spiro atoms. The predicted octanol–water partition coefficient (Wildman–Crippen LogP) is 3.72. The van der Waals surface area contributed by atoms with Crippen molar-refractivity contribution in [3.63, 3.8) is 0 Å². The predicted molar refractivity (Wildman–Crippen MR) is 112 cm³/mol. The Bertz CT molecular complexity index is 530. The van der Waals surface area contributed by atoms with E-state index in [0.29, 0.717) is 18.7 Å². The number of thiazole rings is 1. The summed E-state index contributed by atoms with van der Waals surface area (Å²) in [6.45, 7) is 10.2. The first kappa shape index (κ1) is 21.6. The van der Waals surface area contributed by atoms with Gasteiger partial charge in [0.1, 0.15) is 5.01 Å². The maximum absolute atomic E-state index is 5.94. The smallest absolute Gasteiger partial charge is 0.191 e. The molecule has 0 aromatic carbocycles. The number of aryl methyl sites for hydroxylation is 1. The summed E-state index contributed by atoms with van der Waals surface area (Å²) >= 11 is 1.72. The van der Waals surface area contributed by atoms with Gasteiger partial charge in [-0.05, 0) is 33.1 Å². The molecule has 1 aliphatic carbocycles. The van der Waals surface area contributed by atoms with Gasteiger partial charge in [0.2, 0.25) is 0 Å². The van der Waals surface area contributed by atoms with Crippen molar-refractivity contribution in [3.8, 4) is 0 Å². The van der Waals surface area contributed by atoms with E-state index in [-0.39, 0.29) is 29.4 Å². The van der Waals surface area contributed by atoms with Crippen molar-refractivity contribution < 1.29 is 4.74 Å². The Morgan fingerprint density at radius 2 is 2.12 bits per heavy atom. The van der Waals surface area contributed by atoms with Gasteiger partial charge in [-0.3, -0.25) is 4.99 Å². The highest BCUT2D eigenvalue weighted by Crippen LogP contribution is 2.48. The quantitative estimate of drug-likeness (QED) is 0.366. The molecule has 0 amide bonds. The minimum Gasteiger partial charge on any atom is -0.378 e. The van der Waals surface area contributed by atoms with Crippen molar-refractivity contribution in [3.05, 3.63) is 16.1 Å². The average Bonchev–Trinajstić information content (AvgIpc) is 2.96. The molecule has 5 nitrogen and oxygen atoms in total. The normalized spacial score (nSPS) is 22.5. The highest BCUT2D eigenvalue weighted by molar-refractivity contribution is 14.0. The summed E-state index contributed by atoms with van der Waals surface area (Å²) in [6, 6.07) is 0.415. The van der Waals surface area contributed by atoms with Crippen LogP contribution in [0, 0.1) is 12.3 Å². The lowest BCUT2D eigenvalue weighted by Crippen LogP contribution is -2.65. The molecule has 0 saturated heterocycles. The van der Waals surface area contributed by atoms with Crippen LogP contribution in [0.1, 0.15) is 49.9 Å². The third kappa shape index (κ3) is 4.60. The molecule has 2 N–H and O–H groups in total. The lowest BCUT2D eigenvalue weighted by atomic mass is 9.58. The van der Waals surface area contributed by atoms with Crippen LogP contribution in [0.5, 0.6) is 0 Å². The molecule has 1 saturated carbocycles. The second kappa shape index (κ2) is 9.91. The van der Waals surface area contributed by atoms with Gasteiger partial charge in [0, 0.05) is 36.2 Å². The topological polar surface area (TPSA) is 58.5 Å². The largest absolute Gasteiger partial charge is 0.378 e. The molecule has 0 radical (unpaired) electrons. The molecule has 2 rings (SSSR count). The molecule has 1 fully saturated rings. The van der Waals surface area contributed by atoms with Crippen LogP contribution in [-0.4, -0.2) is 36.7 Å². The fraction of sp³-hybridized carbons (Fsp3) is 0.765. The van der Waals surface area contributed by atoms with Gasteiger partial charge in [0.15, 0.2) is 5.96 Å². The van der Waals surface area contributed by atoms with Gasteiger partial charge in [0.25, 0.3) is 0 Å². The zero-order chi connectivity index (χ0) is 16.9. The summed E-state index contributed by atoms with van der Waals surface area (Å²) in [5, 5.41) is 8.06. The van der Waals surface area contributed by atoms with E-state index in [1.54, 1.807) is 11.3 Å². The summed E-state index contributed by atoms with van der Waals surface area (Å²) in [5.74, 6) is 0.851. The first-order valence-electron chi connectivity index (χ1n) is 8.59. The van der Waals surface area contributed by atoms with Crippen molar-refractivity contribution in [2.24, 2.45) is 10.4 Å². The lowest BCUT2D eigenvalue weighted by Gasteiger charge is -2.55. The van der Waals surface area contributed by atoms with E-state index in [9.17, 15) is 0 Å². The van der Waals surface area contributed by atoms with Gasteiger partial charge in [-0.2, -0.15) is 0 Å². The summed E-state index contributed by atoms with van der Waals surface area (Å²) in [7, 11) is 1.82. The van der Waals surface area contributed by atoms with Crippen molar-refractivity contribution >= 4 is 41.3 Å². The molecule has 1 aromatic rings. The summed E-state index contributed by atoms with van der Waals surface area (Å²) in [5.41, 5.74) is 0.214. The molecule has 138 valence electrons. The fourth-order valence-electron chi connectivity index (χ4n) is 3.59. The molecular weight excluding hydrogens is 435 g/mol. The Morgan fingerprint density at radius 1 is 1.42 bits per heavy atom. The first-order chi connectivity index (χ1) is 11.1. The Balaban J connectivity index is 0.00000288. The highest BCUT2D eigenvalue weighted by Gasteiger charge is 2.53. The maximum Gasteiger partial charge on any atom is 0.191 e. The second-order valence-electron chi connectivity index (χ2n) is 6.11. The Morgan fingerprint density at radius 3 is 2.62 bits per heavy atom. The monoisotopic (exact) mass is 466 g/mol. The summed E-state index contributed by atoms with van der Waals surface area (Å²) in [6.07, 6.45) is 5.56. The second-order valence-corrected chi connectivity index (χ2v) is 7.43. The molecule has 0 aliphatic heterocycles. The standard InChI is InChI=1S/C17H30N4OS.HI/c1-6-17(7-2)13(9-14(17)22-8-3)21-16(18-5)20-11-15-19-10-12(4)23-15;/h10,13-14H,6-9,11H2,1-5H3,(H2,18,20,21);1H. The van der Waals surface area contributed by atoms with Gasteiger partial charge >= 0.3 is 0 Å². The fourth-order valence-corrected chi connectivity index (χ4v) is 4.31. The van der Waals surface area contributed by atoms with Gasteiger partial charge in [0.05, 0.1) is 12.6 Å². The zero-order valence-electron chi connectivity index (χ0n) is 15.4. The lowest BCUT2D eigenvalue weighted by molar-refractivity contribution is -0.133. The first-order valence-corrected chi connectivity index (χ1v) is 9.41. The van der Waals surface area contributed by atoms with E-state index < -0.39 is 0 Å². The number of hydrogen-bond acceptors (Lipinski definition) is 4. The Hall–Kier alpha value is -0.410. The Kier molecular flexibility index (Phi) is 8.94. The maximum atomic E-state index is 5.94. The van der Waals surface area contributed by atoms with Crippen LogP contribution in [0.25, 0.3) is 0 Å². The van der Waals surface area contributed by atoms with Crippen molar-refractivity contribution in [1.82, 2.24) is 15.6 Å². The van der Waals surface area contributed by atoms with Crippen molar-refractivity contribution in [2.45, 2.75) is 65.6 Å². The average molecular weight is 466 g/mol. The van der Waals surface area contributed by atoms with E-state index in [1.807, 2.05) is 13.2 Å². The van der Waals surface area contributed by atoms with Crippen LogP contribution in [0.2, 0.25) is 0 Å². The molecule has 1 heterocycles. The third-order valence-corrected chi connectivity index (χ3v) is 5.99. The van der Waals surface area contributed by atoms with E-state index in [1.165, 1.54) is 4.88 Å². The minimum absolute atomic E-state index is 0. The third-order valence-electron chi connectivity index (χ3n) is 5.08. The van der Waals surface area contributed by atoms with Crippen molar-refractivity contribution in [2.75, 3.05) is 13.7 Å². The number of guanidine groups is 1. The van der Waals surface area contributed by atoms with Crippen LogP contribution >= 0.6 is 35.3 Å². The van der Waals surface area contributed by atoms with Gasteiger partial charge in [-0.25, -0.2) is 4.98 Å². The molecule has 0 bridgehead atoms.